The number of hydrogen-bond donors (Lipinski definition) is 1. The lowest BCUT2D eigenvalue weighted by Crippen LogP contribution is -2.03. The summed E-state index contributed by atoms with van der Waals surface area (Å²) in [5.41, 5.74) is 4.28. The first-order valence-electron chi connectivity index (χ1n) is 7.20. The van der Waals surface area contributed by atoms with Gasteiger partial charge in [0.1, 0.15) is 0 Å². The fraction of sp³-hybridized carbons (Fsp3) is 0.0500. The summed E-state index contributed by atoms with van der Waals surface area (Å²) in [5.74, 6) is -0.895. The number of carboxylic acids is 1. The van der Waals surface area contributed by atoms with E-state index in [1.807, 2.05) is 60.7 Å². The summed E-state index contributed by atoms with van der Waals surface area (Å²) in [4.78, 5) is 11.6. The minimum Gasteiger partial charge on any atom is -0.478 e. The van der Waals surface area contributed by atoms with Crippen LogP contribution >= 0.6 is 0 Å². The van der Waals surface area contributed by atoms with Crippen LogP contribution in [0.2, 0.25) is 0 Å². The first-order valence-corrected chi connectivity index (χ1v) is 7.20. The minimum atomic E-state index is -0.895. The normalized spacial score (nSPS) is 10.4. The molecule has 0 unspecified atom stereocenters. The van der Waals surface area contributed by atoms with Crippen LogP contribution in [0, 0.1) is 0 Å². The van der Waals surface area contributed by atoms with Crippen LogP contribution in [-0.2, 0) is 6.42 Å². The average molecular weight is 288 g/mol. The fourth-order valence-electron chi connectivity index (χ4n) is 2.69. The summed E-state index contributed by atoms with van der Waals surface area (Å²) in [7, 11) is 0. The minimum absolute atomic E-state index is 0.347. The van der Waals surface area contributed by atoms with Gasteiger partial charge < -0.3 is 5.11 Å². The molecule has 0 fully saturated rings. The van der Waals surface area contributed by atoms with Crippen molar-refractivity contribution in [2.24, 2.45) is 0 Å². The Morgan fingerprint density at radius 3 is 2.05 bits per heavy atom. The third-order valence-corrected chi connectivity index (χ3v) is 3.68. The number of carboxylic acid groups (broad SMARTS) is 1. The molecule has 3 rings (SSSR count). The van der Waals surface area contributed by atoms with Gasteiger partial charge in [0.05, 0.1) is 5.56 Å². The van der Waals surface area contributed by atoms with E-state index in [1.165, 1.54) is 5.56 Å². The molecule has 0 bridgehead atoms. The molecule has 3 aromatic rings. The zero-order valence-electron chi connectivity index (χ0n) is 12.1. The van der Waals surface area contributed by atoms with E-state index in [9.17, 15) is 9.90 Å². The summed E-state index contributed by atoms with van der Waals surface area (Å²) in [6.45, 7) is 0. The van der Waals surface area contributed by atoms with Crippen molar-refractivity contribution < 1.29 is 9.90 Å². The van der Waals surface area contributed by atoms with E-state index in [2.05, 4.69) is 12.1 Å². The van der Waals surface area contributed by atoms with Gasteiger partial charge in [-0.2, -0.15) is 0 Å². The van der Waals surface area contributed by atoms with Crippen LogP contribution < -0.4 is 0 Å². The number of hydrogen-bond acceptors (Lipinski definition) is 1. The Morgan fingerprint density at radius 1 is 0.773 bits per heavy atom. The summed E-state index contributed by atoms with van der Waals surface area (Å²) < 4.78 is 0. The predicted molar refractivity (Wildman–Crippen MR) is 88.1 cm³/mol. The van der Waals surface area contributed by atoms with Gasteiger partial charge >= 0.3 is 5.97 Å². The maximum atomic E-state index is 11.6. The molecule has 0 saturated heterocycles. The lowest BCUT2D eigenvalue weighted by atomic mass is 9.91. The molecule has 0 aromatic heterocycles. The van der Waals surface area contributed by atoms with Gasteiger partial charge in [-0.05, 0) is 34.7 Å². The van der Waals surface area contributed by atoms with Gasteiger partial charge in [-0.15, -0.1) is 0 Å². The molecule has 0 amide bonds. The first kappa shape index (κ1) is 14.1. The topological polar surface area (TPSA) is 37.3 Å². The van der Waals surface area contributed by atoms with Gasteiger partial charge in [0, 0.05) is 0 Å². The van der Waals surface area contributed by atoms with Crippen LogP contribution in [0.4, 0.5) is 0 Å². The highest BCUT2D eigenvalue weighted by molar-refractivity contribution is 5.97. The van der Waals surface area contributed by atoms with Gasteiger partial charge in [0.15, 0.2) is 0 Å². The van der Waals surface area contributed by atoms with Crippen molar-refractivity contribution in [2.45, 2.75) is 6.42 Å². The van der Waals surface area contributed by atoms with Crippen LogP contribution in [0.5, 0.6) is 0 Å². The van der Waals surface area contributed by atoms with Crippen molar-refractivity contribution in [3.05, 3.63) is 95.6 Å². The van der Waals surface area contributed by atoms with Crippen molar-refractivity contribution in [3.8, 4) is 11.1 Å². The van der Waals surface area contributed by atoms with Crippen LogP contribution in [0.15, 0.2) is 78.9 Å². The number of aromatic carboxylic acids is 1. The number of benzene rings is 3. The lowest BCUT2D eigenvalue weighted by Gasteiger charge is -2.13. The largest absolute Gasteiger partial charge is 0.478 e. The highest BCUT2D eigenvalue weighted by Crippen LogP contribution is 2.29. The molecule has 2 heteroatoms. The molecule has 22 heavy (non-hydrogen) atoms. The Morgan fingerprint density at radius 2 is 1.41 bits per heavy atom. The molecule has 0 heterocycles. The monoisotopic (exact) mass is 288 g/mol. The predicted octanol–water partition coefficient (Wildman–Crippen LogP) is 4.64. The zero-order valence-corrected chi connectivity index (χ0v) is 12.1. The van der Waals surface area contributed by atoms with Gasteiger partial charge in [0.25, 0.3) is 0 Å². The van der Waals surface area contributed by atoms with Crippen molar-refractivity contribution in [2.75, 3.05) is 0 Å². The molecule has 0 radical (unpaired) electrons. The van der Waals surface area contributed by atoms with Crippen molar-refractivity contribution in [1.29, 1.82) is 0 Å². The summed E-state index contributed by atoms with van der Waals surface area (Å²) in [6.07, 6.45) is 0.714. The number of carbonyl (C=O) groups is 1. The van der Waals surface area contributed by atoms with Crippen LogP contribution in [0.1, 0.15) is 21.5 Å². The molecule has 2 nitrogen and oxygen atoms in total. The molecule has 0 saturated carbocycles. The molecule has 3 aromatic carbocycles. The lowest BCUT2D eigenvalue weighted by molar-refractivity contribution is 0.0697. The maximum Gasteiger partial charge on any atom is 0.336 e. The van der Waals surface area contributed by atoms with Gasteiger partial charge in [-0.25, -0.2) is 4.79 Å². The Kier molecular flexibility index (Phi) is 4.01. The quantitative estimate of drug-likeness (QED) is 0.759. The van der Waals surface area contributed by atoms with Crippen molar-refractivity contribution >= 4 is 5.97 Å². The Balaban J connectivity index is 2.14. The second-order valence-corrected chi connectivity index (χ2v) is 5.17. The second kappa shape index (κ2) is 6.27. The molecule has 0 aliphatic carbocycles. The maximum absolute atomic E-state index is 11.6. The third kappa shape index (κ3) is 2.91. The van der Waals surface area contributed by atoms with E-state index in [0.717, 1.165) is 16.7 Å². The molecule has 0 aliphatic heterocycles. The van der Waals surface area contributed by atoms with E-state index in [0.29, 0.717) is 12.0 Å². The first-order chi connectivity index (χ1) is 10.8. The summed E-state index contributed by atoms with van der Waals surface area (Å²) in [5, 5.41) is 9.52. The standard InChI is InChI=1S/C20H16O2/c21-20(22)18-13-7-12-17(14-15-8-3-1-4-9-15)19(18)16-10-5-2-6-11-16/h1-13H,14H2,(H,21,22). The van der Waals surface area contributed by atoms with E-state index in [4.69, 9.17) is 0 Å². The summed E-state index contributed by atoms with van der Waals surface area (Å²) >= 11 is 0. The van der Waals surface area contributed by atoms with Crippen molar-refractivity contribution in [3.63, 3.8) is 0 Å². The molecule has 108 valence electrons. The molecular weight excluding hydrogens is 272 g/mol. The fourth-order valence-corrected chi connectivity index (χ4v) is 2.69. The summed E-state index contributed by atoms with van der Waals surface area (Å²) in [6, 6.07) is 25.3. The van der Waals surface area contributed by atoms with Gasteiger partial charge in [-0.3, -0.25) is 0 Å². The van der Waals surface area contributed by atoms with Gasteiger partial charge in [0.2, 0.25) is 0 Å². The molecule has 0 atom stereocenters. The van der Waals surface area contributed by atoms with Crippen LogP contribution in [-0.4, -0.2) is 11.1 Å². The smallest absolute Gasteiger partial charge is 0.336 e. The Bertz CT molecular complexity index is 777. The van der Waals surface area contributed by atoms with E-state index in [-0.39, 0.29) is 0 Å². The van der Waals surface area contributed by atoms with Gasteiger partial charge in [-0.1, -0.05) is 72.8 Å². The van der Waals surface area contributed by atoms with E-state index >= 15 is 0 Å². The third-order valence-electron chi connectivity index (χ3n) is 3.68. The van der Waals surface area contributed by atoms with Crippen LogP contribution in [0.3, 0.4) is 0 Å². The van der Waals surface area contributed by atoms with Crippen molar-refractivity contribution in [1.82, 2.24) is 0 Å². The Hall–Kier alpha value is -2.87. The molecule has 0 aliphatic rings. The SMILES string of the molecule is O=C(O)c1cccc(Cc2ccccc2)c1-c1ccccc1. The Labute approximate surface area is 129 Å². The number of rotatable bonds is 4. The van der Waals surface area contributed by atoms with Crippen LogP contribution in [0.25, 0.3) is 11.1 Å². The highest BCUT2D eigenvalue weighted by atomic mass is 16.4. The molecular formula is C20H16O2. The second-order valence-electron chi connectivity index (χ2n) is 5.17. The molecule has 1 N–H and O–H groups in total. The zero-order chi connectivity index (χ0) is 15.4. The highest BCUT2D eigenvalue weighted by Gasteiger charge is 2.15. The average Bonchev–Trinajstić information content (AvgIpc) is 2.56. The van der Waals surface area contributed by atoms with E-state index < -0.39 is 5.97 Å². The van der Waals surface area contributed by atoms with E-state index in [1.54, 1.807) is 6.07 Å². The molecule has 0 spiro atoms.